The molecule has 2 heteroatoms. The van der Waals surface area contributed by atoms with Crippen LogP contribution in [0.1, 0.15) is 53.4 Å². The molecule has 0 aromatic rings. The van der Waals surface area contributed by atoms with Gasteiger partial charge in [0.25, 0.3) is 0 Å². The number of hydrogen-bond acceptors (Lipinski definition) is 2. The van der Waals surface area contributed by atoms with Crippen LogP contribution >= 0.6 is 0 Å². The summed E-state index contributed by atoms with van der Waals surface area (Å²) in [5.74, 6) is 0.642. The molecule has 0 unspecified atom stereocenters. The summed E-state index contributed by atoms with van der Waals surface area (Å²) in [5, 5.41) is 0. The van der Waals surface area contributed by atoms with Gasteiger partial charge in [-0.05, 0) is 26.7 Å². The smallest absolute Gasteiger partial charge is 0.160 e. The first-order valence-electron chi connectivity index (χ1n) is 6.80. The van der Waals surface area contributed by atoms with Crippen molar-refractivity contribution < 1.29 is 4.79 Å². The molecule has 17 heavy (non-hydrogen) atoms. The molecule has 0 bridgehead atoms. The van der Waals surface area contributed by atoms with E-state index in [0.717, 1.165) is 24.8 Å². The summed E-state index contributed by atoms with van der Waals surface area (Å²) in [5.41, 5.74) is 0.997. The largest absolute Gasteiger partial charge is 0.352 e. The third-order valence-electron chi connectivity index (χ3n) is 3.29. The summed E-state index contributed by atoms with van der Waals surface area (Å²) in [6.07, 6.45) is 10.1. The van der Waals surface area contributed by atoms with Crippen molar-refractivity contribution in [3.05, 3.63) is 24.0 Å². The Balaban J connectivity index is 2.79. The topological polar surface area (TPSA) is 20.3 Å². The Bertz CT molecular complexity index is 315. The Morgan fingerprint density at radius 2 is 2.12 bits per heavy atom. The Labute approximate surface area is 105 Å². The highest BCUT2D eigenvalue weighted by Crippen LogP contribution is 2.25. The molecule has 0 aromatic carbocycles. The zero-order chi connectivity index (χ0) is 12.8. The maximum atomic E-state index is 12.2. The van der Waals surface area contributed by atoms with Crippen molar-refractivity contribution in [2.45, 2.75) is 59.4 Å². The van der Waals surface area contributed by atoms with Crippen molar-refractivity contribution in [3.63, 3.8) is 0 Å². The van der Waals surface area contributed by atoms with Crippen molar-refractivity contribution in [2.75, 3.05) is 0 Å². The molecule has 0 aliphatic carbocycles. The molecule has 96 valence electrons. The first-order chi connectivity index (χ1) is 8.10. The third-order valence-corrected chi connectivity index (χ3v) is 3.29. The van der Waals surface area contributed by atoms with E-state index < -0.39 is 0 Å². The Morgan fingerprint density at radius 3 is 2.65 bits per heavy atom. The molecule has 1 atom stereocenters. The van der Waals surface area contributed by atoms with Gasteiger partial charge in [0.05, 0.1) is 0 Å². The monoisotopic (exact) mass is 235 g/mol. The number of Topliss-reactive ketones (excluding diaryl/α,β-unsaturated/α-hetero) is 1. The number of hydrogen-bond donors (Lipinski definition) is 0. The Kier molecular flexibility index (Phi) is 5.46. The summed E-state index contributed by atoms with van der Waals surface area (Å²) in [6, 6.07) is 0.415. The minimum atomic E-state index is 0.314. The van der Waals surface area contributed by atoms with Crippen molar-refractivity contribution in [1.29, 1.82) is 0 Å². The van der Waals surface area contributed by atoms with Crippen LogP contribution in [0.2, 0.25) is 0 Å². The minimum absolute atomic E-state index is 0.314. The number of carbonyl (C=O) groups excluding carboxylic acids is 1. The summed E-state index contributed by atoms with van der Waals surface area (Å²) < 4.78 is 0. The first-order valence-corrected chi connectivity index (χ1v) is 6.80. The van der Waals surface area contributed by atoms with E-state index in [4.69, 9.17) is 0 Å². The van der Waals surface area contributed by atoms with Crippen LogP contribution in [0.25, 0.3) is 0 Å². The van der Waals surface area contributed by atoms with Crippen LogP contribution in [-0.4, -0.2) is 16.7 Å². The standard InChI is InChI=1S/C15H25NO/c1-5-7-8-15(17)14-11-16(12(3)4)10-9-13(14)6-2/h9-13H,5-8H2,1-4H3/t13-/m1/s1. The fourth-order valence-corrected chi connectivity index (χ4v) is 2.04. The number of unbranched alkanes of at least 4 members (excludes halogenated alkanes) is 1. The second kappa shape index (κ2) is 6.63. The molecule has 2 nitrogen and oxygen atoms in total. The number of rotatable bonds is 6. The fraction of sp³-hybridized carbons (Fsp3) is 0.667. The average molecular weight is 235 g/mol. The number of ketones is 1. The SMILES string of the molecule is CCCCC(=O)C1=CN(C(C)C)C=C[C@H]1CC. The molecule has 1 aliphatic rings. The highest BCUT2D eigenvalue weighted by atomic mass is 16.1. The van der Waals surface area contributed by atoms with Gasteiger partial charge in [0, 0.05) is 36.4 Å². The molecule has 0 amide bonds. The second-order valence-electron chi connectivity index (χ2n) is 5.01. The van der Waals surface area contributed by atoms with Crippen molar-refractivity contribution in [1.82, 2.24) is 4.90 Å². The lowest BCUT2D eigenvalue weighted by atomic mass is 9.89. The predicted octanol–water partition coefficient (Wildman–Crippen LogP) is 3.89. The van der Waals surface area contributed by atoms with E-state index in [9.17, 15) is 4.79 Å². The number of nitrogens with zero attached hydrogens (tertiary/aromatic N) is 1. The molecular weight excluding hydrogens is 210 g/mol. The van der Waals surface area contributed by atoms with Crippen LogP contribution in [0.3, 0.4) is 0 Å². The second-order valence-corrected chi connectivity index (χ2v) is 5.01. The summed E-state index contributed by atoms with van der Waals surface area (Å²) >= 11 is 0. The van der Waals surface area contributed by atoms with E-state index in [1.54, 1.807) is 0 Å². The van der Waals surface area contributed by atoms with Gasteiger partial charge >= 0.3 is 0 Å². The van der Waals surface area contributed by atoms with Gasteiger partial charge in [-0.15, -0.1) is 0 Å². The zero-order valence-corrected chi connectivity index (χ0v) is 11.6. The first kappa shape index (κ1) is 14.0. The lowest BCUT2D eigenvalue weighted by Crippen LogP contribution is -2.26. The molecule has 1 heterocycles. The molecular formula is C15H25NO. The normalized spacial score (nSPS) is 19.7. The average Bonchev–Trinajstić information content (AvgIpc) is 2.34. The molecule has 0 fully saturated rings. The van der Waals surface area contributed by atoms with Crippen LogP contribution in [0.4, 0.5) is 0 Å². The predicted molar refractivity (Wildman–Crippen MR) is 72.5 cm³/mol. The highest BCUT2D eigenvalue weighted by Gasteiger charge is 2.21. The van der Waals surface area contributed by atoms with Gasteiger partial charge in [0.1, 0.15) is 0 Å². The Hall–Kier alpha value is -1.05. The van der Waals surface area contributed by atoms with E-state index in [2.05, 4.69) is 51.1 Å². The van der Waals surface area contributed by atoms with Gasteiger partial charge in [0.15, 0.2) is 5.78 Å². The van der Waals surface area contributed by atoms with E-state index in [0.29, 0.717) is 24.2 Å². The van der Waals surface area contributed by atoms with Gasteiger partial charge in [-0.1, -0.05) is 26.3 Å². The maximum absolute atomic E-state index is 12.2. The van der Waals surface area contributed by atoms with Gasteiger partial charge in [-0.3, -0.25) is 4.79 Å². The van der Waals surface area contributed by atoms with Crippen LogP contribution in [0.5, 0.6) is 0 Å². The van der Waals surface area contributed by atoms with E-state index in [1.807, 2.05) is 0 Å². The van der Waals surface area contributed by atoms with Gasteiger partial charge in [0.2, 0.25) is 0 Å². The van der Waals surface area contributed by atoms with Crippen molar-refractivity contribution >= 4 is 5.78 Å². The highest BCUT2D eigenvalue weighted by molar-refractivity contribution is 5.96. The molecule has 0 saturated carbocycles. The maximum Gasteiger partial charge on any atom is 0.160 e. The summed E-state index contributed by atoms with van der Waals surface area (Å²) in [7, 11) is 0. The van der Waals surface area contributed by atoms with Crippen LogP contribution in [0, 0.1) is 5.92 Å². The molecule has 0 N–H and O–H groups in total. The van der Waals surface area contributed by atoms with Gasteiger partial charge < -0.3 is 4.90 Å². The third kappa shape index (κ3) is 3.72. The molecule has 1 aliphatic heterocycles. The van der Waals surface area contributed by atoms with E-state index >= 15 is 0 Å². The number of allylic oxidation sites excluding steroid dienone is 2. The van der Waals surface area contributed by atoms with E-state index in [1.165, 1.54) is 0 Å². The summed E-state index contributed by atoms with van der Waals surface area (Å²) in [4.78, 5) is 14.3. The lowest BCUT2D eigenvalue weighted by molar-refractivity contribution is -0.116. The van der Waals surface area contributed by atoms with Gasteiger partial charge in [-0.2, -0.15) is 0 Å². The van der Waals surface area contributed by atoms with Crippen LogP contribution < -0.4 is 0 Å². The molecule has 0 aromatic heterocycles. The summed E-state index contributed by atoms with van der Waals surface area (Å²) in [6.45, 7) is 8.55. The quantitative estimate of drug-likeness (QED) is 0.696. The minimum Gasteiger partial charge on any atom is -0.352 e. The molecule has 0 spiro atoms. The van der Waals surface area contributed by atoms with Crippen molar-refractivity contribution in [2.24, 2.45) is 5.92 Å². The Morgan fingerprint density at radius 1 is 1.41 bits per heavy atom. The van der Waals surface area contributed by atoms with Gasteiger partial charge in [-0.25, -0.2) is 0 Å². The molecule has 0 saturated heterocycles. The number of carbonyl (C=O) groups is 1. The molecule has 1 rings (SSSR count). The lowest BCUT2D eigenvalue weighted by Gasteiger charge is -2.28. The van der Waals surface area contributed by atoms with Crippen LogP contribution in [0.15, 0.2) is 24.0 Å². The fourth-order valence-electron chi connectivity index (χ4n) is 2.04. The van der Waals surface area contributed by atoms with Crippen LogP contribution in [-0.2, 0) is 4.79 Å². The molecule has 0 radical (unpaired) electrons. The zero-order valence-electron chi connectivity index (χ0n) is 11.6. The van der Waals surface area contributed by atoms with E-state index in [-0.39, 0.29) is 0 Å². The van der Waals surface area contributed by atoms with Crippen molar-refractivity contribution in [3.8, 4) is 0 Å².